The van der Waals surface area contributed by atoms with E-state index in [1.807, 2.05) is 13.0 Å². The lowest BCUT2D eigenvalue weighted by Crippen LogP contribution is -2.46. The lowest BCUT2D eigenvalue weighted by molar-refractivity contribution is -0.120. The van der Waals surface area contributed by atoms with Crippen LogP contribution in [-0.2, 0) is 4.79 Å². The fourth-order valence-corrected chi connectivity index (χ4v) is 2.26. The Bertz CT molecular complexity index is 805. The van der Waals surface area contributed by atoms with E-state index < -0.39 is 17.7 Å². The van der Waals surface area contributed by atoms with Crippen LogP contribution in [0.1, 0.15) is 33.2 Å². The Morgan fingerprint density at radius 2 is 1.54 bits per heavy atom. The Balaban J connectivity index is 1.84. The summed E-state index contributed by atoms with van der Waals surface area (Å²) in [5.74, 6) is -0.964. The zero-order chi connectivity index (χ0) is 18.9. The molecule has 0 aliphatic rings. The van der Waals surface area contributed by atoms with Crippen LogP contribution in [0.5, 0.6) is 5.75 Å². The van der Waals surface area contributed by atoms with E-state index in [0.717, 1.165) is 5.56 Å². The van der Waals surface area contributed by atoms with Gasteiger partial charge in [-0.05, 0) is 37.6 Å². The number of hydrazine groups is 1. The third kappa shape index (κ3) is 5.07. The number of carbonyl (C=O) groups excluding carboxylic acids is 3. The van der Waals surface area contributed by atoms with Crippen molar-refractivity contribution >= 4 is 17.7 Å². The third-order valence-corrected chi connectivity index (χ3v) is 3.55. The summed E-state index contributed by atoms with van der Waals surface area (Å²) in [6.45, 7) is 3.76. The molecule has 0 spiro atoms. The molecule has 0 aromatic heterocycles. The minimum atomic E-state index is -0.547. The largest absolute Gasteiger partial charge is 0.493 e. The SMILES string of the molecule is CCOc1ccccc1C(=O)NCC(=O)NNC(=O)c1ccccc1C. The maximum absolute atomic E-state index is 12.2. The summed E-state index contributed by atoms with van der Waals surface area (Å²) in [6.07, 6.45) is 0. The first-order valence-corrected chi connectivity index (χ1v) is 8.17. The molecule has 0 fully saturated rings. The van der Waals surface area contributed by atoms with Crippen LogP contribution in [0.4, 0.5) is 0 Å². The minimum Gasteiger partial charge on any atom is -0.493 e. The zero-order valence-corrected chi connectivity index (χ0v) is 14.7. The third-order valence-electron chi connectivity index (χ3n) is 3.55. The summed E-state index contributed by atoms with van der Waals surface area (Å²) >= 11 is 0. The lowest BCUT2D eigenvalue weighted by atomic mass is 10.1. The molecule has 26 heavy (non-hydrogen) atoms. The zero-order valence-electron chi connectivity index (χ0n) is 14.7. The van der Waals surface area contributed by atoms with Gasteiger partial charge in [0.2, 0.25) is 0 Å². The molecule has 3 amide bonds. The molecule has 7 nitrogen and oxygen atoms in total. The number of amides is 3. The van der Waals surface area contributed by atoms with E-state index >= 15 is 0 Å². The Hall–Kier alpha value is -3.35. The van der Waals surface area contributed by atoms with Crippen molar-refractivity contribution < 1.29 is 19.1 Å². The molecule has 0 bridgehead atoms. The number of rotatable bonds is 6. The van der Waals surface area contributed by atoms with Gasteiger partial charge >= 0.3 is 0 Å². The van der Waals surface area contributed by atoms with E-state index in [1.54, 1.807) is 49.4 Å². The van der Waals surface area contributed by atoms with Crippen LogP contribution in [0.2, 0.25) is 0 Å². The number of hydrogen-bond donors (Lipinski definition) is 3. The van der Waals surface area contributed by atoms with Gasteiger partial charge in [-0.15, -0.1) is 0 Å². The molecule has 0 aliphatic heterocycles. The molecule has 0 unspecified atom stereocenters. The summed E-state index contributed by atoms with van der Waals surface area (Å²) in [6, 6.07) is 13.8. The maximum atomic E-state index is 12.2. The van der Waals surface area contributed by atoms with Gasteiger partial charge in [0.25, 0.3) is 17.7 Å². The number of ether oxygens (including phenoxy) is 1. The van der Waals surface area contributed by atoms with Gasteiger partial charge < -0.3 is 10.1 Å². The van der Waals surface area contributed by atoms with Gasteiger partial charge in [0, 0.05) is 5.56 Å². The summed E-state index contributed by atoms with van der Waals surface area (Å²) in [5, 5.41) is 2.49. The minimum absolute atomic E-state index is 0.284. The van der Waals surface area contributed by atoms with Crippen LogP contribution in [0.25, 0.3) is 0 Å². The quantitative estimate of drug-likeness (QED) is 0.686. The molecule has 136 valence electrons. The van der Waals surface area contributed by atoms with Gasteiger partial charge in [-0.1, -0.05) is 30.3 Å². The highest BCUT2D eigenvalue weighted by Crippen LogP contribution is 2.17. The van der Waals surface area contributed by atoms with E-state index in [9.17, 15) is 14.4 Å². The first-order chi connectivity index (χ1) is 12.5. The van der Waals surface area contributed by atoms with Crippen molar-refractivity contribution in [3.05, 3.63) is 65.2 Å². The van der Waals surface area contributed by atoms with E-state index in [1.165, 1.54) is 0 Å². The molecule has 7 heteroatoms. The maximum Gasteiger partial charge on any atom is 0.269 e. The second kappa shape index (κ2) is 9.22. The van der Waals surface area contributed by atoms with E-state index in [4.69, 9.17) is 4.74 Å². The molecule has 3 N–H and O–H groups in total. The van der Waals surface area contributed by atoms with E-state index in [2.05, 4.69) is 16.2 Å². The smallest absolute Gasteiger partial charge is 0.269 e. The number of benzene rings is 2. The van der Waals surface area contributed by atoms with Crippen LogP contribution in [0, 0.1) is 6.92 Å². The van der Waals surface area contributed by atoms with E-state index in [0.29, 0.717) is 23.5 Å². The Kier molecular flexibility index (Phi) is 6.73. The molecule has 0 atom stereocenters. The number of nitrogens with one attached hydrogen (secondary N) is 3. The van der Waals surface area contributed by atoms with Crippen molar-refractivity contribution in [3.8, 4) is 5.75 Å². The molecule has 2 rings (SSSR count). The molecule has 0 saturated heterocycles. The van der Waals surface area contributed by atoms with Gasteiger partial charge in [0.15, 0.2) is 0 Å². The van der Waals surface area contributed by atoms with Crippen molar-refractivity contribution in [1.29, 1.82) is 0 Å². The summed E-state index contributed by atoms with van der Waals surface area (Å²) in [4.78, 5) is 36.0. The molecule has 2 aromatic rings. The second-order valence-corrected chi connectivity index (χ2v) is 5.43. The molecular formula is C19H21N3O4. The molecule has 0 radical (unpaired) electrons. The lowest BCUT2D eigenvalue weighted by Gasteiger charge is -2.11. The Morgan fingerprint density at radius 1 is 0.885 bits per heavy atom. The second-order valence-electron chi connectivity index (χ2n) is 5.43. The predicted molar refractivity (Wildman–Crippen MR) is 96.7 cm³/mol. The molecule has 0 saturated carbocycles. The molecule has 0 aliphatic carbocycles. The van der Waals surface area contributed by atoms with Gasteiger partial charge in [0.05, 0.1) is 18.7 Å². The van der Waals surface area contributed by atoms with Crippen molar-refractivity contribution in [2.75, 3.05) is 13.2 Å². The normalized spacial score (nSPS) is 9.92. The standard InChI is InChI=1S/C19H21N3O4/c1-3-26-16-11-7-6-10-15(16)18(24)20-12-17(23)21-22-19(25)14-9-5-4-8-13(14)2/h4-11H,3,12H2,1-2H3,(H,20,24)(H,21,23)(H,22,25). The predicted octanol–water partition coefficient (Wildman–Crippen LogP) is 1.58. The summed E-state index contributed by atoms with van der Waals surface area (Å²) in [5.41, 5.74) is 6.18. The number of carbonyl (C=O) groups is 3. The number of aryl methyl sites for hydroxylation is 1. The van der Waals surface area contributed by atoms with Crippen molar-refractivity contribution in [2.45, 2.75) is 13.8 Å². The van der Waals surface area contributed by atoms with Crippen LogP contribution in [0.15, 0.2) is 48.5 Å². The van der Waals surface area contributed by atoms with Gasteiger partial charge in [0.1, 0.15) is 5.75 Å². The van der Waals surface area contributed by atoms with Gasteiger partial charge in [-0.25, -0.2) is 0 Å². The van der Waals surface area contributed by atoms with Gasteiger partial charge in [-0.3, -0.25) is 25.2 Å². The van der Waals surface area contributed by atoms with Crippen molar-refractivity contribution in [1.82, 2.24) is 16.2 Å². The van der Waals surface area contributed by atoms with E-state index in [-0.39, 0.29) is 6.54 Å². The topological polar surface area (TPSA) is 96.5 Å². The number of hydrogen-bond acceptors (Lipinski definition) is 4. The molecule has 2 aromatic carbocycles. The average Bonchev–Trinajstić information content (AvgIpc) is 2.65. The first kappa shape index (κ1) is 19.0. The number of para-hydroxylation sites is 1. The van der Waals surface area contributed by atoms with Crippen molar-refractivity contribution in [3.63, 3.8) is 0 Å². The fourth-order valence-electron chi connectivity index (χ4n) is 2.26. The highest BCUT2D eigenvalue weighted by Gasteiger charge is 2.14. The summed E-state index contributed by atoms with van der Waals surface area (Å²) < 4.78 is 5.39. The summed E-state index contributed by atoms with van der Waals surface area (Å²) in [7, 11) is 0. The highest BCUT2D eigenvalue weighted by molar-refractivity contribution is 5.99. The molecule has 0 heterocycles. The first-order valence-electron chi connectivity index (χ1n) is 8.17. The van der Waals surface area contributed by atoms with Crippen LogP contribution >= 0.6 is 0 Å². The van der Waals surface area contributed by atoms with Crippen LogP contribution in [0.3, 0.4) is 0 Å². The average molecular weight is 355 g/mol. The van der Waals surface area contributed by atoms with Gasteiger partial charge in [-0.2, -0.15) is 0 Å². The highest BCUT2D eigenvalue weighted by atomic mass is 16.5. The van der Waals surface area contributed by atoms with Crippen LogP contribution in [-0.4, -0.2) is 30.9 Å². The van der Waals surface area contributed by atoms with Crippen molar-refractivity contribution in [2.24, 2.45) is 0 Å². The Morgan fingerprint density at radius 3 is 2.23 bits per heavy atom. The molecular weight excluding hydrogens is 334 g/mol. The fraction of sp³-hybridized carbons (Fsp3) is 0.211. The van der Waals surface area contributed by atoms with Crippen LogP contribution < -0.4 is 20.9 Å². The monoisotopic (exact) mass is 355 g/mol. The Labute approximate surface area is 151 Å².